The zero-order valence-electron chi connectivity index (χ0n) is 19.4. The molecule has 0 aliphatic carbocycles. The minimum atomic E-state index is -0.214. The molecule has 2 heterocycles. The minimum Gasteiger partial charge on any atom is -0.379 e. The fraction of sp³-hybridized carbons (Fsp3) is 0.385. The predicted octanol–water partition coefficient (Wildman–Crippen LogP) is 3.77. The van der Waals surface area contributed by atoms with Crippen molar-refractivity contribution in [1.29, 1.82) is 0 Å². The number of aryl methyl sites for hydroxylation is 2. The zero-order chi connectivity index (χ0) is 23.2. The number of urea groups is 1. The van der Waals surface area contributed by atoms with Crippen LogP contribution < -0.4 is 10.9 Å². The molecule has 2 aromatic carbocycles. The fourth-order valence-electron chi connectivity index (χ4n) is 4.02. The number of anilines is 1. The largest absolute Gasteiger partial charge is 0.379 e. The van der Waals surface area contributed by atoms with Crippen molar-refractivity contribution in [2.45, 2.75) is 26.8 Å². The number of morpholine rings is 1. The number of carbonyl (C=O) groups is 1. The average molecular weight is 449 g/mol. The van der Waals surface area contributed by atoms with Crippen molar-refractivity contribution in [3.8, 4) is 0 Å². The molecule has 0 bridgehead atoms. The van der Waals surface area contributed by atoms with Crippen LogP contribution in [0.15, 0.2) is 53.3 Å². The van der Waals surface area contributed by atoms with Gasteiger partial charge in [-0.05, 0) is 54.6 Å². The lowest BCUT2D eigenvalue weighted by molar-refractivity contribution is 0.0349. The van der Waals surface area contributed by atoms with Gasteiger partial charge >= 0.3 is 6.03 Å². The fourth-order valence-corrected chi connectivity index (χ4v) is 4.02. The van der Waals surface area contributed by atoms with Crippen LogP contribution in [0.25, 0.3) is 10.9 Å². The van der Waals surface area contributed by atoms with E-state index in [-0.39, 0.29) is 18.1 Å². The molecule has 0 spiro atoms. The molecule has 33 heavy (non-hydrogen) atoms. The van der Waals surface area contributed by atoms with E-state index in [9.17, 15) is 9.59 Å². The van der Waals surface area contributed by atoms with E-state index in [0.717, 1.165) is 48.2 Å². The van der Waals surface area contributed by atoms with Crippen LogP contribution in [0.5, 0.6) is 0 Å². The van der Waals surface area contributed by atoms with Gasteiger partial charge < -0.3 is 19.9 Å². The highest BCUT2D eigenvalue weighted by Crippen LogP contribution is 2.16. The lowest BCUT2D eigenvalue weighted by Crippen LogP contribution is -2.44. The number of aromatic amines is 1. The Labute approximate surface area is 194 Å². The van der Waals surface area contributed by atoms with Crippen molar-refractivity contribution in [3.05, 3.63) is 75.6 Å². The topological polar surface area (TPSA) is 77.7 Å². The average Bonchev–Trinajstić information content (AvgIpc) is 2.83. The van der Waals surface area contributed by atoms with E-state index in [1.807, 2.05) is 49.4 Å². The molecule has 1 aromatic heterocycles. The van der Waals surface area contributed by atoms with Crippen molar-refractivity contribution >= 4 is 22.6 Å². The van der Waals surface area contributed by atoms with Crippen LogP contribution in [0.2, 0.25) is 0 Å². The van der Waals surface area contributed by atoms with Gasteiger partial charge in [0.2, 0.25) is 0 Å². The summed E-state index contributed by atoms with van der Waals surface area (Å²) in [7, 11) is 0. The van der Waals surface area contributed by atoms with E-state index >= 15 is 0 Å². The van der Waals surface area contributed by atoms with Crippen molar-refractivity contribution < 1.29 is 9.53 Å². The highest BCUT2D eigenvalue weighted by atomic mass is 16.5. The predicted molar refractivity (Wildman–Crippen MR) is 132 cm³/mol. The number of hydrogen-bond acceptors (Lipinski definition) is 4. The molecule has 1 aliphatic rings. The van der Waals surface area contributed by atoms with Gasteiger partial charge in [-0.1, -0.05) is 30.7 Å². The Bertz CT molecular complexity index is 1150. The molecule has 7 nitrogen and oxygen atoms in total. The Morgan fingerprint density at radius 1 is 1.12 bits per heavy atom. The number of aromatic nitrogens is 1. The second kappa shape index (κ2) is 10.6. The Morgan fingerprint density at radius 3 is 2.61 bits per heavy atom. The number of pyridine rings is 1. The van der Waals surface area contributed by atoms with Crippen LogP contribution in [0.3, 0.4) is 0 Å². The van der Waals surface area contributed by atoms with Crippen LogP contribution in [0.4, 0.5) is 10.5 Å². The third kappa shape index (κ3) is 6.00. The van der Waals surface area contributed by atoms with E-state index in [0.29, 0.717) is 25.3 Å². The molecule has 1 saturated heterocycles. The van der Waals surface area contributed by atoms with E-state index in [1.54, 1.807) is 4.90 Å². The molecule has 0 saturated carbocycles. The van der Waals surface area contributed by atoms with E-state index in [1.165, 1.54) is 5.56 Å². The summed E-state index contributed by atoms with van der Waals surface area (Å²) in [5.74, 6) is 0. The van der Waals surface area contributed by atoms with Crippen LogP contribution in [-0.4, -0.2) is 60.2 Å². The first-order valence-electron chi connectivity index (χ1n) is 11.6. The SMILES string of the molecule is CCc1ccc2[nH]c(=O)c(CN(CCN3CCOCC3)C(=O)Nc3ccc(C)cc3)cc2c1. The van der Waals surface area contributed by atoms with Crippen molar-refractivity contribution in [2.24, 2.45) is 0 Å². The molecule has 4 rings (SSSR count). The van der Waals surface area contributed by atoms with Gasteiger partial charge in [0.25, 0.3) is 5.56 Å². The van der Waals surface area contributed by atoms with Gasteiger partial charge in [-0.25, -0.2) is 4.79 Å². The molecule has 0 radical (unpaired) electrons. The first-order chi connectivity index (χ1) is 16.0. The van der Waals surface area contributed by atoms with Crippen molar-refractivity contribution in [3.63, 3.8) is 0 Å². The van der Waals surface area contributed by atoms with Gasteiger partial charge in [0.1, 0.15) is 0 Å². The third-order valence-corrected chi connectivity index (χ3v) is 6.13. The Morgan fingerprint density at radius 2 is 1.88 bits per heavy atom. The summed E-state index contributed by atoms with van der Waals surface area (Å²) in [6, 6.07) is 15.5. The molecule has 2 N–H and O–H groups in total. The number of fused-ring (bicyclic) bond motifs is 1. The van der Waals surface area contributed by atoms with E-state index in [4.69, 9.17) is 4.74 Å². The highest BCUT2D eigenvalue weighted by Gasteiger charge is 2.19. The lowest BCUT2D eigenvalue weighted by atomic mass is 10.1. The number of H-pyrrole nitrogens is 1. The van der Waals surface area contributed by atoms with Gasteiger partial charge in [-0.2, -0.15) is 0 Å². The summed E-state index contributed by atoms with van der Waals surface area (Å²) in [5, 5.41) is 3.97. The number of amides is 2. The maximum absolute atomic E-state index is 13.2. The number of rotatable bonds is 7. The Hall–Kier alpha value is -3.16. The second-order valence-electron chi connectivity index (χ2n) is 8.57. The van der Waals surface area contributed by atoms with Crippen LogP contribution in [0.1, 0.15) is 23.6 Å². The maximum atomic E-state index is 13.2. The molecule has 1 aliphatic heterocycles. The summed E-state index contributed by atoms with van der Waals surface area (Å²) in [5.41, 5.74) is 4.31. The lowest BCUT2D eigenvalue weighted by Gasteiger charge is -2.30. The smallest absolute Gasteiger partial charge is 0.322 e. The molecule has 0 atom stereocenters. The minimum absolute atomic E-state index is 0.161. The standard InChI is InChI=1S/C26H32N4O3/c1-3-20-6-9-24-21(16-20)17-22(25(31)28-24)18-30(11-10-29-12-14-33-15-13-29)26(32)27-23-7-4-19(2)5-8-23/h4-9,16-17H,3,10-15,18H2,1-2H3,(H,27,32)(H,28,31). The van der Waals surface area contributed by atoms with Crippen molar-refractivity contribution in [2.75, 3.05) is 44.7 Å². The Kier molecular flexibility index (Phi) is 7.42. The Balaban J connectivity index is 1.56. The van der Waals surface area contributed by atoms with Gasteiger partial charge in [0.15, 0.2) is 0 Å². The van der Waals surface area contributed by atoms with Crippen LogP contribution >= 0.6 is 0 Å². The molecule has 3 aromatic rings. The van der Waals surface area contributed by atoms with Gasteiger partial charge in [0.05, 0.1) is 19.8 Å². The van der Waals surface area contributed by atoms with Gasteiger partial charge in [0, 0.05) is 42.9 Å². The first kappa shape index (κ1) is 23.0. The van der Waals surface area contributed by atoms with Crippen LogP contribution in [0, 0.1) is 6.92 Å². The third-order valence-electron chi connectivity index (χ3n) is 6.13. The van der Waals surface area contributed by atoms with E-state index < -0.39 is 0 Å². The molecule has 174 valence electrons. The summed E-state index contributed by atoms with van der Waals surface area (Å²) in [6.07, 6.45) is 0.926. The monoisotopic (exact) mass is 448 g/mol. The number of ether oxygens (including phenoxy) is 1. The molecule has 2 amide bonds. The summed E-state index contributed by atoms with van der Waals surface area (Å²) < 4.78 is 5.43. The number of carbonyl (C=O) groups excluding carboxylic acids is 1. The number of nitrogens with one attached hydrogen (secondary N) is 2. The molecule has 7 heteroatoms. The maximum Gasteiger partial charge on any atom is 0.322 e. The van der Waals surface area contributed by atoms with E-state index in [2.05, 4.69) is 28.2 Å². The molecular formula is C26H32N4O3. The molecule has 1 fully saturated rings. The normalized spacial score (nSPS) is 14.4. The van der Waals surface area contributed by atoms with Gasteiger partial charge in [-0.3, -0.25) is 9.69 Å². The summed E-state index contributed by atoms with van der Waals surface area (Å²) in [4.78, 5) is 33.0. The molecule has 0 unspecified atom stereocenters. The van der Waals surface area contributed by atoms with Gasteiger partial charge in [-0.15, -0.1) is 0 Å². The quantitative estimate of drug-likeness (QED) is 0.577. The molecular weight excluding hydrogens is 416 g/mol. The van der Waals surface area contributed by atoms with Crippen LogP contribution in [-0.2, 0) is 17.7 Å². The van der Waals surface area contributed by atoms with Crippen molar-refractivity contribution in [1.82, 2.24) is 14.8 Å². The number of benzene rings is 2. The number of hydrogen-bond donors (Lipinski definition) is 2. The second-order valence-corrected chi connectivity index (χ2v) is 8.57. The highest BCUT2D eigenvalue weighted by molar-refractivity contribution is 5.89. The summed E-state index contributed by atoms with van der Waals surface area (Å²) >= 11 is 0. The number of nitrogens with zero attached hydrogens (tertiary/aromatic N) is 2. The summed E-state index contributed by atoms with van der Waals surface area (Å²) in [6.45, 7) is 8.73. The zero-order valence-corrected chi connectivity index (χ0v) is 19.4. The first-order valence-corrected chi connectivity index (χ1v) is 11.6.